The second-order valence-electron chi connectivity index (χ2n) is 9.20. The van der Waals surface area contributed by atoms with Crippen molar-refractivity contribution in [3.8, 4) is 16.8 Å². The first-order chi connectivity index (χ1) is 16.7. The maximum Gasteiger partial charge on any atom is 0.421 e. The van der Waals surface area contributed by atoms with Crippen LogP contribution >= 0.6 is 0 Å². The SMILES string of the molecule is CCOC(=O)NS(=O)(=O)c1ccc(C)cc1-c1ccc(-n2nc(C)c(C3CCCCC3)c2C)cc1. The van der Waals surface area contributed by atoms with Crippen LogP contribution in [0.5, 0.6) is 0 Å². The van der Waals surface area contributed by atoms with Gasteiger partial charge in [0.1, 0.15) is 0 Å². The van der Waals surface area contributed by atoms with E-state index in [4.69, 9.17) is 9.84 Å². The third kappa shape index (κ3) is 5.27. The molecule has 1 aliphatic carbocycles. The number of hydrogen-bond acceptors (Lipinski definition) is 5. The minimum atomic E-state index is -4.10. The van der Waals surface area contributed by atoms with E-state index < -0.39 is 16.1 Å². The van der Waals surface area contributed by atoms with Crippen molar-refractivity contribution in [3.05, 3.63) is 65.0 Å². The molecule has 7 nitrogen and oxygen atoms in total. The van der Waals surface area contributed by atoms with E-state index in [2.05, 4.69) is 13.8 Å². The zero-order valence-corrected chi connectivity index (χ0v) is 21.6. The largest absolute Gasteiger partial charge is 0.449 e. The highest BCUT2D eigenvalue weighted by molar-refractivity contribution is 7.90. The Labute approximate surface area is 207 Å². The first kappa shape index (κ1) is 25.0. The van der Waals surface area contributed by atoms with Crippen molar-refractivity contribution < 1.29 is 17.9 Å². The summed E-state index contributed by atoms with van der Waals surface area (Å²) in [4.78, 5) is 11.8. The van der Waals surface area contributed by atoms with E-state index in [0.717, 1.165) is 22.5 Å². The molecule has 1 N–H and O–H groups in total. The Balaban J connectivity index is 1.68. The topological polar surface area (TPSA) is 90.3 Å². The maximum atomic E-state index is 12.9. The second kappa shape index (κ2) is 10.2. The molecule has 3 aromatic rings. The van der Waals surface area contributed by atoms with Crippen LogP contribution in [0.25, 0.3) is 16.8 Å². The molecular weight excluding hydrogens is 462 g/mol. The third-order valence-electron chi connectivity index (χ3n) is 6.70. The number of aryl methyl sites for hydroxylation is 2. The molecule has 0 unspecified atom stereocenters. The fourth-order valence-corrected chi connectivity index (χ4v) is 6.20. The van der Waals surface area contributed by atoms with Crippen molar-refractivity contribution in [3.63, 3.8) is 0 Å². The van der Waals surface area contributed by atoms with Crippen molar-refractivity contribution in [1.29, 1.82) is 0 Å². The molecule has 1 fully saturated rings. The lowest BCUT2D eigenvalue weighted by Gasteiger charge is -2.22. The number of nitrogens with one attached hydrogen (secondary N) is 1. The summed E-state index contributed by atoms with van der Waals surface area (Å²) in [6, 6.07) is 12.7. The van der Waals surface area contributed by atoms with Gasteiger partial charge in [-0.25, -0.2) is 22.6 Å². The Kier molecular flexibility index (Phi) is 7.31. The number of hydrogen-bond donors (Lipinski definition) is 1. The van der Waals surface area contributed by atoms with E-state index in [9.17, 15) is 13.2 Å². The van der Waals surface area contributed by atoms with E-state index in [0.29, 0.717) is 11.5 Å². The quantitative estimate of drug-likeness (QED) is 0.457. The van der Waals surface area contributed by atoms with Gasteiger partial charge in [-0.05, 0) is 75.8 Å². The molecule has 0 radical (unpaired) electrons. The monoisotopic (exact) mass is 495 g/mol. The molecule has 0 spiro atoms. The molecule has 0 aliphatic heterocycles. The van der Waals surface area contributed by atoms with Crippen LogP contribution < -0.4 is 4.72 Å². The molecule has 1 heterocycles. The van der Waals surface area contributed by atoms with Gasteiger partial charge in [0.2, 0.25) is 0 Å². The lowest BCUT2D eigenvalue weighted by Crippen LogP contribution is -2.31. The first-order valence-corrected chi connectivity index (χ1v) is 13.7. The molecule has 0 atom stereocenters. The number of rotatable bonds is 6. The Hall–Kier alpha value is -3.13. The predicted molar refractivity (Wildman–Crippen MR) is 136 cm³/mol. The van der Waals surface area contributed by atoms with Gasteiger partial charge in [-0.2, -0.15) is 5.10 Å². The summed E-state index contributed by atoms with van der Waals surface area (Å²) < 4.78 is 34.6. The van der Waals surface area contributed by atoms with Gasteiger partial charge in [0.05, 0.1) is 22.9 Å². The number of amides is 1. The minimum Gasteiger partial charge on any atom is -0.449 e. The fourth-order valence-electron chi connectivity index (χ4n) is 5.10. The van der Waals surface area contributed by atoms with Gasteiger partial charge in [-0.15, -0.1) is 0 Å². The average Bonchev–Trinajstić information content (AvgIpc) is 3.13. The van der Waals surface area contributed by atoms with Crippen molar-refractivity contribution in [1.82, 2.24) is 14.5 Å². The Bertz CT molecular complexity index is 1320. The van der Waals surface area contributed by atoms with E-state index in [1.165, 1.54) is 49.4 Å². The normalized spacial score (nSPS) is 14.6. The maximum absolute atomic E-state index is 12.9. The zero-order valence-electron chi connectivity index (χ0n) is 20.8. The average molecular weight is 496 g/mol. The molecule has 1 amide bonds. The highest BCUT2D eigenvalue weighted by atomic mass is 32.2. The molecule has 8 heteroatoms. The van der Waals surface area contributed by atoms with E-state index >= 15 is 0 Å². The van der Waals surface area contributed by atoms with Gasteiger partial charge < -0.3 is 4.74 Å². The van der Waals surface area contributed by atoms with E-state index in [1.807, 2.05) is 40.6 Å². The summed E-state index contributed by atoms with van der Waals surface area (Å²) in [7, 11) is -4.10. The third-order valence-corrected chi connectivity index (χ3v) is 8.07. The Morgan fingerprint density at radius 1 is 1.06 bits per heavy atom. The molecular formula is C27H33N3O4S. The van der Waals surface area contributed by atoms with Gasteiger partial charge in [0, 0.05) is 11.3 Å². The molecule has 4 rings (SSSR count). The minimum absolute atomic E-state index is 0.0228. The van der Waals surface area contributed by atoms with Gasteiger partial charge in [0.15, 0.2) is 0 Å². The van der Waals surface area contributed by atoms with Gasteiger partial charge in [-0.3, -0.25) is 0 Å². The molecule has 1 aliphatic rings. The summed E-state index contributed by atoms with van der Waals surface area (Å²) >= 11 is 0. The van der Waals surface area contributed by atoms with Gasteiger partial charge in [0.25, 0.3) is 10.0 Å². The van der Waals surface area contributed by atoms with Crippen molar-refractivity contribution >= 4 is 16.1 Å². The van der Waals surface area contributed by atoms with Crippen LogP contribution in [0.3, 0.4) is 0 Å². The van der Waals surface area contributed by atoms with Crippen LogP contribution in [0.4, 0.5) is 4.79 Å². The molecule has 1 saturated carbocycles. The van der Waals surface area contributed by atoms with E-state index in [1.54, 1.807) is 19.1 Å². The summed E-state index contributed by atoms with van der Waals surface area (Å²) in [5, 5.41) is 4.84. The van der Waals surface area contributed by atoms with Crippen molar-refractivity contribution in [2.24, 2.45) is 0 Å². The van der Waals surface area contributed by atoms with Crippen LogP contribution in [0.1, 0.15) is 67.5 Å². The van der Waals surface area contributed by atoms with Crippen LogP contribution in [0.2, 0.25) is 0 Å². The lowest BCUT2D eigenvalue weighted by molar-refractivity contribution is 0.158. The van der Waals surface area contributed by atoms with Crippen molar-refractivity contribution in [2.45, 2.75) is 70.6 Å². The van der Waals surface area contributed by atoms with Crippen LogP contribution in [-0.2, 0) is 14.8 Å². The van der Waals surface area contributed by atoms with Crippen LogP contribution in [0, 0.1) is 20.8 Å². The van der Waals surface area contributed by atoms with Crippen LogP contribution in [-0.4, -0.2) is 30.9 Å². The number of benzene rings is 2. The molecule has 0 bridgehead atoms. The smallest absolute Gasteiger partial charge is 0.421 e. The first-order valence-electron chi connectivity index (χ1n) is 12.2. The van der Waals surface area contributed by atoms with Crippen LogP contribution in [0.15, 0.2) is 47.4 Å². The zero-order chi connectivity index (χ0) is 25.2. The summed E-state index contributed by atoms with van der Waals surface area (Å²) in [5.41, 5.74) is 6.70. The summed E-state index contributed by atoms with van der Waals surface area (Å²) in [6.45, 7) is 7.81. The second-order valence-corrected chi connectivity index (χ2v) is 10.9. The van der Waals surface area contributed by atoms with E-state index in [-0.39, 0.29) is 11.5 Å². The molecule has 1 aromatic heterocycles. The number of sulfonamides is 1. The highest BCUT2D eigenvalue weighted by Gasteiger charge is 2.25. The molecule has 186 valence electrons. The highest BCUT2D eigenvalue weighted by Crippen LogP contribution is 2.37. The number of carbonyl (C=O) groups excluding carboxylic acids is 1. The number of carbonyl (C=O) groups is 1. The van der Waals surface area contributed by atoms with Crippen molar-refractivity contribution in [2.75, 3.05) is 6.61 Å². The number of aromatic nitrogens is 2. The molecule has 0 saturated heterocycles. The fraction of sp³-hybridized carbons (Fsp3) is 0.407. The molecule has 2 aromatic carbocycles. The number of nitrogens with zero attached hydrogens (tertiary/aromatic N) is 2. The lowest BCUT2D eigenvalue weighted by atomic mass is 9.83. The predicted octanol–water partition coefficient (Wildman–Crippen LogP) is 5.95. The van der Waals surface area contributed by atoms with Gasteiger partial charge in [-0.1, -0.05) is 49.1 Å². The molecule has 35 heavy (non-hydrogen) atoms. The standard InChI is InChI=1S/C27H33N3O4S/c1-5-34-27(31)29-35(32,33)25-16-11-18(2)17-24(25)21-12-14-23(15-13-21)30-20(4)26(19(3)28-30)22-9-7-6-8-10-22/h11-17,22H,5-10H2,1-4H3,(H,29,31). The number of ether oxygens (including phenoxy) is 1. The summed E-state index contributed by atoms with van der Waals surface area (Å²) in [6.07, 6.45) is 5.31. The Morgan fingerprint density at radius 3 is 2.40 bits per heavy atom. The Morgan fingerprint density at radius 2 is 1.74 bits per heavy atom. The summed E-state index contributed by atoms with van der Waals surface area (Å²) in [5.74, 6) is 0.573. The van der Waals surface area contributed by atoms with Gasteiger partial charge >= 0.3 is 6.09 Å².